The molecule has 4 N–H and O–H groups in total. The topological polar surface area (TPSA) is 114 Å². The lowest BCUT2D eigenvalue weighted by molar-refractivity contribution is -0.104. The molecule has 0 heterocycles. The standard InChI is InChI=1S/C24H26N2O4.C4H6O/c1-28-22-8-4-17(5-9-22)18-6-10-23(11-7-18)29-12-2-3-13-30-24(27)19-14-20(25)16-21(26)15-19;1-4(2)3-5/h4-11,14-16H,2-3,12-13,25-26H2,1H3;3H,1H2,2H3. The first-order valence-electron chi connectivity index (χ1n) is 11.1. The number of rotatable bonds is 10. The molecule has 0 spiro atoms. The van der Waals surface area contributed by atoms with Crippen LogP contribution in [-0.4, -0.2) is 32.6 Å². The van der Waals surface area contributed by atoms with E-state index in [9.17, 15) is 9.59 Å². The van der Waals surface area contributed by atoms with Crippen molar-refractivity contribution >= 4 is 23.6 Å². The van der Waals surface area contributed by atoms with Gasteiger partial charge in [0.15, 0.2) is 0 Å². The fourth-order valence-corrected chi connectivity index (χ4v) is 2.96. The molecule has 0 radical (unpaired) electrons. The highest BCUT2D eigenvalue weighted by Gasteiger charge is 2.08. The number of carbonyl (C=O) groups is 2. The van der Waals surface area contributed by atoms with E-state index in [1.165, 1.54) is 0 Å². The third-order valence-corrected chi connectivity index (χ3v) is 4.73. The molecule has 3 aromatic carbocycles. The lowest BCUT2D eigenvalue weighted by Gasteiger charge is -2.09. The molecule has 184 valence electrons. The van der Waals surface area contributed by atoms with Crippen molar-refractivity contribution < 1.29 is 23.8 Å². The Morgan fingerprint density at radius 1 is 0.857 bits per heavy atom. The summed E-state index contributed by atoms with van der Waals surface area (Å²) in [4.78, 5) is 21.4. The summed E-state index contributed by atoms with van der Waals surface area (Å²) in [6.45, 7) is 5.82. The minimum absolute atomic E-state index is 0.313. The van der Waals surface area contributed by atoms with E-state index < -0.39 is 5.97 Å². The predicted molar refractivity (Wildman–Crippen MR) is 140 cm³/mol. The number of unbranched alkanes of at least 4 members (excludes halogenated alkanes) is 1. The molecule has 35 heavy (non-hydrogen) atoms. The second kappa shape index (κ2) is 14.1. The fraction of sp³-hybridized carbons (Fsp3) is 0.214. The van der Waals surface area contributed by atoms with Crippen molar-refractivity contribution in [2.75, 3.05) is 31.8 Å². The van der Waals surface area contributed by atoms with Gasteiger partial charge in [-0.3, -0.25) is 4.79 Å². The molecule has 0 atom stereocenters. The highest BCUT2D eigenvalue weighted by Crippen LogP contribution is 2.24. The minimum atomic E-state index is -0.427. The SMILES string of the molecule is C=C(C)C=O.COc1ccc(-c2ccc(OCCCCOC(=O)c3cc(N)cc(N)c3)cc2)cc1. The summed E-state index contributed by atoms with van der Waals surface area (Å²) >= 11 is 0. The lowest BCUT2D eigenvalue weighted by atomic mass is 10.1. The van der Waals surface area contributed by atoms with Crippen molar-refractivity contribution in [1.29, 1.82) is 0 Å². The van der Waals surface area contributed by atoms with Gasteiger partial charge in [0.1, 0.15) is 17.8 Å². The van der Waals surface area contributed by atoms with E-state index in [-0.39, 0.29) is 0 Å². The number of nitrogen functional groups attached to an aromatic ring is 2. The Kier molecular flexibility index (Phi) is 10.9. The molecular weight excluding hydrogens is 444 g/mol. The molecule has 0 bridgehead atoms. The Morgan fingerprint density at radius 3 is 1.83 bits per heavy atom. The molecule has 0 saturated heterocycles. The zero-order chi connectivity index (χ0) is 25.6. The maximum atomic E-state index is 12.0. The molecule has 7 nitrogen and oxygen atoms in total. The maximum Gasteiger partial charge on any atom is 0.338 e. The fourth-order valence-electron chi connectivity index (χ4n) is 2.96. The third kappa shape index (κ3) is 9.63. The summed E-state index contributed by atoms with van der Waals surface area (Å²) in [6.07, 6.45) is 2.19. The average molecular weight is 477 g/mol. The first kappa shape index (κ1) is 27.0. The first-order chi connectivity index (χ1) is 16.8. The van der Waals surface area contributed by atoms with E-state index in [0.29, 0.717) is 42.1 Å². The molecule has 0 unspecified atom stereocenters. The number of hydrogen-bond acceptors (Lipinski definition) is 7. The van der Waals surface area contributed by atoms with Crippen molar-refractivity contribution in [2.45, 2.75) is 19.8 Å². The van der Waals surface area contributed by atoms with Crippen LogP contribution in [-0.2, 0) is 9.53 Å². The van der Waals surface area contributed by atoms with Crippen LogP contribution in [0.15, 0.2) is 78.9 Å². The van der Waals surface area contributed by atoms with Crippen LogP contribution < -0.4 is 20.9 Å². The second-order valence-electron chi connectivity index (χ2n) is 7.80. The monoisotopic (exact) mass is 476 g/mol. The third-order valence-electron chi connectivity index (χ3n) is 4.73. The van der Waals surface area contributed by atoms with Gasteiger partial charge in [0.25, 0.3) is 0 Å². The summed E-state index contributed by atoms with van der Waals surface area (Å²) in [5, 5.41) is 0. The van der Waals surface area contributed by atoms with Crippen LogP contribution in [0.25, 0.3) is 11.1 Å². The highest BCUT2D eigenvalue weighted by molar-refractivity contribution is 5.91. The molecule has 3 rings (SSSR count). The van der Waals surface area contributed by atoms with Crippen LogP contribution in [0.3, 0.4) is 0 Å². The number of allylic oxidation sites excluding steroid dienone is 1. The van der Waals surface area contributed by atoms with Crippen LogP contribution in [0.2, 0.25) is 0 Å². The van der Waals surface area contributed by atoms with E-state index in [4.69, 9.17) is 25.7 Å². The summed E-state index contributed by atoms with van der Waals surface area (Å²) in [6, 6.07) is 20.6. The Morgan fingerprint density at radius 2 is 1.34 bits per heavy atom. The minimum Gasteiger partial charge on any atom is -0.497 e. The van der Waals surface area contributed by atoms with E-state index >= 15 is 0 Å². The summed E-state index contributed by atoms with van der Waals surface area (Å²) in [5.74, 6) is 1.21. The summed E-state index contributed by atoms with van der Waals surface area (Å²) in [7, 11) is 1.65. The predicted octanol–water partition coefficient (Wildman–Crippen LogP) is 5.30. The van der Waals surface area contributed by atoms with Gasteiger partial charge in [0.2, 0.25) is 0 Å². The molecule has 0 aliphatic carbocycles. The molecule has 0 aliphatic heterocycles. The Hall–Kier alpha value is -4.26. The number of benzene rings is 3. The largest absolute Gasteiger partial charge is 0.497 e. The number of aldehydes is 1. The van der Waals surface area contributed by atoms with Crippen molar-refractivity contribution in [2.24, 2.45) is 0 Å². The van der Waals surface area contributed by atoms with Gasteiger partial charge < -0.3 is 25.7 Å². The summed E-state index contributed by atoms with van der Waals surface area (Å²) < 4.78 is 16.2. The Bertz CT molecular complexity index is 1090. The Balaban J connectivity index is 0.000000784. The number of esters is 1. The van der Waals surface area contributed by atoms with E-state index in [1.807, 2.05) is 48.5 Å². The highest BCUT2D eigenvalue weighted by atomic mass is 16.5. The van der Waals surface area contributed by atoms with Crippen LogP contribution in [0.4, 0.5) is 11.4 Å². The van der Waals surface area contributed by atoms with Crippen LogP contribution >= 0.6 is 0 Å². The average Bonchev–Trinajstić information content (AvgIpc) is 2.86. The summed E-state index contributed by atoms with van der Waals surface area (Å²) in [5.41, 5.74) is 15.4. The quantitative estimate of drug-likeness (QED) is 0.134. The van der Waals surface area contributed by atoms with Crippen LogP contribution in [0, 0.1) is 0 Å². The van der Waals surface area contributed by atoms with Gasteiger partial charge >= 0.3 is 5.97 Å². The van der Waals surface area contributed by atoms with Gasteiger partial charge in [-0.15, -0.1) is 0 Å². The number of anilines is 2. The van der Waals surface area contributed by atoms with Crippen LogP contribution in [0.5, 0.6) is 11.5 Å². The molecular formula is C28H32N2O5. The van der Waals surface area contributed by atoms with Crippen molar-refractivity contribution in [1.82, 2.24) is 0 Å². The number of methoxy groups -OCH3 is 1. The molecule has 0 aromatic heterocycles. The van der Waals surface area contributed by atoms with Crippen molar-refractivity contribution in [3.8, 4) is 22.6 Å². The molecule has 0 saturated carbocycles. The molecule has 0 amide bonds. The number of hydrogen-bond donors (Lipinski definition) is 2. The van der Waals surface area contributed by atoms with E-state index in [1.54, 1.807) is 32.2 Å². The normalized spacial score (nSPS) is 9.89. The second-order valence-corrected chi connectivity index (χ2v) is 7.80. The van der Waals surface area contributed by atoms with Crippen molar-refractivity contribution in [3.63, 3.8) is 0 Å². The number of ether oxygens (including phenoxy) is 3. The smallest absolute Gasteiger partial charge is 0.338 e. The van der Waals surface area contributed by atoms with Crippen LogP contribution in [0.1, 0.15) is 30.1 Å². The zero-order valence-electron chi connectivity index (χ0n) is 20.2. The van der Waals surface area contributed by atoms with Crippen molar-refractivity contribution in [3.05, 3.63) is 84.4 Å². The number of nitrogens with two attached hydrogens (primary N) is 2. The van der Waals surface area contributed by atoms with Gasteiger partial charge in [0.05, 0.1) is 25.9 Å². The molecule has 0 fully saturated rings. The zero-order valence-corrected chi connectivity index (χ0v) is 20.2. The first-order valence-corrected chi connectivity index (χ1v) is 11.1. The van der Waals surface area contributed by atoms with Gasteiger partial charge in [-0.2, -0.15) is 0 Å². The van der Waals surface area contributed by atoms with E-state index in [0.717, 1.165) is 35.3 Å². The van der Waals surface area contributed by atoms with Gasteiger partial charge in [0, 0.05) is 11.4 Å². The number of carbonyl (C=O) groups excluding carboxylic acids is 2. The lowest BCUT2D eigenvalue weighted by Crippen LogP contribution is -2.08. The van der Waals surface area contributed by atoms with Gasteiger partial charge in [-0.05, 0) is 78.9 Å². The molecule has 7 heteroatoms. The Labute approximate surface area is 206 Å². The molecule has 3 aromatic rings. The maximum absolute atomic E-state index is 12.0. The van der Waals surface area contributed by atoms with Gasteiger partial charge in [-0.1, -0.05) is 30.8 Å². The van der Waals surface area contributed by atoms with Gasteiger partial charge in [-0.25, -0.2) is 4.79 Å². The molecule has 0 aliphatic rings. The van der Waals surface area contributed by atoms with E-state index in [2.05, 4.69) is 6.58 Å².